The molecule has 0 spiro atoms. The van der Waals surface area contributed by atoms with Gasteiger partial charge in [-0.05, 0) is 36.6 Å². The first kappa shape index (κ1) is 18.9. The van der Waals surface area contributed by atoms with Crippen molar-refractivity contribution in [1.82, 2.24) is 5.32 Å². The van der Waals surface area contributed by atoms with Gasteiger partial charge in [-0.2, -0.15) is 8.78 Å². The van der Waals surface area contributed by atoms with Crippen LogP contribution < -0.4 is 10.1 Å². The number of rotatable bonds is 8. The molecule has 0 aromatic heterocycles. The lowest BCUT2D eigenvalue weighted by molar-refractivity contribution is -0.147. The van der Waals surface area contributed by atoms with E-state index in [1.807, 2.05) is 0 Å². The van der Waals surface area contributed by atoms with Crippen LogP contribution in [0.15, 0.2) is 48.5 Å². The predicted octanol–water partition coefficient (Wildman–Crippen LogP) is 3.03. The van der Waals surface area contributed by atoms with E-state index in [9.17, 15) is 13.6 Å². The Balaban J connectivity index is 1.99. The van der Waals surface area contributed by atoms with Crippen LogP contribution in [0.3, 0.4) is 0 Å². The molecule has 2 aromatic rings. The van der Waals surface area contributed by atoms with Gasteiger partial charge in [0.15, 0.2) is 0 Å². The van der Waals surface area contributed by atoms with Gasteiger partial charge < -0.3 is 15.2 Å². The molecule has 1 amide bonds. The highest BCUT2D eigenvalue weighted by atomic mass is 19.3. The first-order valence-corrected chi connectivity index (χ1v) is 8.06. The fraction of sp³-hybridized carbons (Fsp3) is 0.316. The van der Waals surface area contributed by atoms with Crippen LogP contribution >= 0.6 is 0 Å². The van der Waals surface area contributed by atoms with E-state index in [0.717, 1.165) is 11.1 Å². The maximum Gasteiger partial charge on any atom is 0.353 e. The number of alkyl halides is 2. The number of hydrogen-bond acceptors (Lipinski definition) is 3. The molecule has 2 rings (SSSR count). The monoisotopic (exact) mass is 349 g/mol. The minimum Gasteiger partial charge on any atom is -0.493 e. The predicted molar refractivity (Wildman–Crippen MR) is 90.6 cm³/mol. The summed E-state index contributed by atoms with van der Waals surface area (Å²) in [5.41, 5.74) is 1.21. The van der Waals surface area contributed by atoms with Gasteiger partial charge in [-0.25, -0.2) is 0 Å². The highest BCUT2D eigenvalue weighted by Gasteiger charge is 2.43. The summed E-state index contributed by atoms with van der Waals surface area (Å²) < 4.78 is 34.1. The molecule has 0 bridgehead atoms. The first-order valence-electron chi connectivity index (χ1n) is 8.06. The van der Waals surface area contributed by atoms with E-state index >= 15 is 0 Å². The Morgan fingerprint density at radius 1 is 1.12 bits per heavy atom. The zero-order chi connectivity index (χ0) is 18.3. The number of carbonyl (C=O) groups is 1. The minimum atomic E-state index is -3.67. The number of aliphatic hydroxyl groups excluding tert-OH is 1. The summed E-state index contributed by atoms with van der Waals surface area (Å²) >= 11 is 0. The first-order chi connectivity index (χ1) is 12.0. The van der Waals surface area contributed by atoms with Crippen molar-refractivity contribution >= 4 is 5.91 Å². The van der Waals surface area contributed by atoms with E-state index in [-0.39, 0.29) is 25.5 Å². The summed E-state index contributed by atoms with van der Waals surface area (Å²) in [7, 11) is 0. The normalized spacial score (nSPS) is 11.2. The van der Waals surface area contributed by atoms with Gasteiger partial charge in [0.05, 0.1) is 18.8 Å². The van der Waals surface area contributed by atoms with Crippen LogP contribution in [0.4, 0.5) is 8.78 Å². The Hall–Kier alpha value is -2.47. The molecule has 0 heterocycles. The van der Waals surface area contributed by atoms with Gasteiger partial charge in [-0.1, -0.05) is 36.4 Å². The zero-order valence-electron chi connectivity index (χ0n) is 14.0. The van der Waals surface area contributed by atoms with E-state index in [1.165, 1.54) is 18.2 Å². The summed E-state index contributed by atoms with van der Waals surface area (Å²) in [5, 5.41) is 11.3. The van der Waals surface area contributed by atoms with E-state index in [4.69, 9.17) is 9.84 Å². The summed E-state index contributed by atoms with van der Waals surface area (Å²) in [4.78, 5) is 12.0. The number of amides is 1. The van der Waals surface area contributed by atoms with Crippen molar-refractivity contribution in [1.29, 1.82) is 0 Å². The Morgan fingerprint density at radius 3 is 2.40 bits per heavy atom. The topological polar surface area (TPSA) is 58.6 Å². The average molecular weight is 349 g/mol. The SMILES string of the molecule is CCOc1ccccc1C(F)(F)C(=O)NCCc1ccc(CO)cc1. The maximum absolute atomic E-state index is 14.4. The van der Waals surface area contributed by atoms with Gasteiger partial charge in [0.25, 0.3) is 5.91 Å². The molecule has 0 aliphatic rings. The van der Waals surface area contributed by atoms with E-state index in [0.29, 0.717) is 6.42 Å². The van der Waals surface area contributed by atoms with Crippen LogP contribution in [0.25, 0.3) is 0 Å². The summed E-state index contributed by atoms with van der Waals surface area (Å²) in [5.74, 6) is -5.02. The second kappa shape index (κ2) is 8.58. The third-order valence-electron chi connectivity index (χ3n) is 3.72. The molecule has 0 aliphatic carbocycles. The van der Waals surface area contributed by atoms with Crippen molar-refractivity contribution in [3.8, 4) is 5.75 Å². The quantitative estimate of drug-likeness (QED) is 0.770. The van der Waals surface area contributed by atoms with Gasteiger partial charge in [0, 0.05) is 6.54 Å². The number of nitrogens with one attached hydrogen (secondary N) is 1. The van der Waals surface area contributed by atoms with Crippen LogP contribution in [0.5, 0.6) is 5.75 Å². The molecule has 2 aromatic carbocycles. The van der Waals surface area contributed by atoms with Crippen molar-refractivity contribution in [2.24, 2.45) is 0 Å². The second-order valence-electron chi connectivity index (χ2n) is 5.48. The van der Waals surface area contributed by atoms with E-state index in [2.05, 4.69) is 5.32 Å². The van der Waals surface area contributed by atoms with Gasteiger partial charge in [0.2, 0.25) is 0 Å². The van der Waals surface area contributed by atoms with Crippen molar-refractivity contribution < 1.29 is 23.4 Å². The molecular formula is C19H21F2NO3. The molecule has 134 valence electrons. The highest BCUT2D eigenvalue weighted by Crippen LogP contribution is 2.35. The molecule has 6 heteroatoms. The van der Waals surface area contributed by atoms with E-state index in [1.54, 1.807) is 37.3 Å². The van der Waals surface area contributed by atoms with E-state index < -0.39 is 17.4 Å². The molecule has 0 unspecified atom stereocenters. The Bertz CT molecular complexity index is 702. The molecule has 0 fully saturated rings. The Morgan fingerprint density at radius 2 is 1.76 bits per heavy atom. The fourth-order valence-electron chi connectivity index (χ4n) is 2.37. The largest absolute Gasteiger partial charge is 0.493 e. The maximum atomic E-state index is 14.4. The fourth-order valence-corrected chi connectivity index (χ4v) is 2.37. The van der Waals surface area contributed by atoms with Crippen LogP contribution in [0.2, 0.25) is 0 Å². The molecule has 0 aliphatic heterocycles. The number of aliphatic hydroxyl groups is 1. The molecule has 4 nitrogen and oxygen atoms in total. The van der Waals surface area contributed by atoms with Gasteiger partial charge in [0.1, 0.15) is 5.75 Å². The van der Waals surface area contributed by atoms with Crippen molar-refractivity contribution in [3.63, 3.8) is 0 Å². The van der Waals surface area contributed by atoms with Crippen LogP contribution in [0.1, 0.15) is 23.6 Å². The minimum absolute atomic E-state index is 0.00439. The number of ether oxygens (including phenoxy) is 1. The number of hydrogen-bond donors (Lipinski definition) is 2. The van der Waals surface area contributed by atoms with Gasteiger partial charge in [-0.15, -0.1) is 0 Å². The summed E-state index contributed by atoms with van der Waals surface area (Å²) in [6.45, 7) is 1.96. The summed E-state index contributed by atoms with van der Waals surface area (Å²) in [6, 6.07) is 12.7. The van der Waals surface area contributed by atoms with Crippen LogP contribution in [0, 0.1) is 0 Å². The number of halogens is 2. The van der Waals surface area contributed by atoms with Crippen LogP contribution in [-0.2, 0) is 23.7 Å². The van der Waals surface area contributed by atoms with Crippen molar-refractivity contribution in [3.05, 3.63) is 65.2 Å². The average Bonchev–Trinajstić information content (AvgIpc) is 2.63. The molecule has 0 atom stereocenters. The van der Waals surface area contributed by atoms with Crippen molar-refractivity contribution in [2.45, 2.75) is 25.9 Å². The number of benzene rings is 2. The number of para-hydroxylation sites is 1. The Labute approximate surface area is 145 Å². The lowest BCUT2D eigenvalue weighted by Crippen LogP contribution is -2.39. The van der Waals surface area contributed by atoms with Gasteiger partial charge >= 0.3 is 5.92 Å². The zero-order valence-corrected chi connectivity index (χ0v) is 14.0. The third-order valence-corrected chi connectivity index (χ3v) is 3.72. The van der Waals surface area contributed by atoms with Gasteiger partial charge in [-0.3, -0.25) is 4.79 Å². The molecule has 2 N–H and O–H groups in total. The van der Waals surface area contributed by atoms with Crippen molar-refractivity contribution in [2.75, 3.05) is 13.2 Å². The summed E-state index contributed by atoms with van der Waals surface area (Å²) in [6.07, 6.45) is 0.417. The molecule has 0 radical (unpaired) electrons. The standard InChI is InChI=1S/C19H21F2NO3/c1-2-25-17-6-4-3-5-16(17)19(20,21)18(24)22-12-11-14-7-9-15(13-23)10-8-14/h3-10,23H,2,11-13H2,1H3,(H,22,24). The molecule has 25 heavy (non-hydrogen) atoms. The molecule has 0 saturated carbocycles. The molecule has 0 saturated heterocycles. The second-order valence-corrected chi connectivity index (χ2v) is 5.48. The lowest BCUT2D eigenvalue weighted by Gasteiger charge is -2.19. The molecular weight excluding hydrogens is 328 g/mol. The highest BCUT2D eigenvalue weighted by molar-refractivity contribution is 5.85. The smallest absolute Gasteiger partial charge is 0.353 e. The third kappa shape index (κ3) is 4.76. The van der Waals surface area contributed by atoms with Crippen LogP contribution in [-0.4, -0.2) is 24.2 Å². The Kier molecular flexibility index (Phi) is 6.47. The lowest BCUT2D eigenvalue weighted by atomic mass is 10.1. The number of carbonyl (C=O) groups excluding carboxylic acids is 1.